The van der Waals surface area contributed by atoms with Gasteiger partial charge < -0.3 is 10.1 Å². The Balaban J connectivity index is 1.72. The topological polar surface area (TPSA) is 55.4 Å². The number of alkyl halides is 2. The summed E-state index contributed by atoms with van der Waals surface area (Å²) in [5.74, 6) is -3.37. The highest BCUT2D eigenvalue weighted by Crippen LogP contribution is 2.26. The number of thioether (sulfide) groups is 2. The monoisotopic (exact) mass is 411 g/mol. The lowest BCUT2D eigenvalue weighted by Crippen LogP contribution is -2.21. The third-order valence-electron chi connectivity index (χ3n) is 3.56. The number of esters is 1. The molecule has 1 N–H and O–H groups in total. The second-order valence-electron chi connectivity index (χ2n) is 5.65. The number of amides is 1. The van der Waals surface area contributed by atoms with Crippen molar-refractivity contribution >= 4 is 41.1 Å². The molecule has 0 aliphatic heterocycles. The zero-order chi connectivity index (χ0) is 19.8. The standard InChI is InChI=1S/C19H19F2NO3S2/c1-12-3-6-16(9-13(12)2)26-11-18(24)25-10-17(23)22-14-4-7-15(8-5-14)27-19(20)21/h3-9,19H,10-11H2,1-2H3,(H,22,23). The minimum absolute atomic E-state index is 0.106. The molecule has 0 fully saturated rings. The van der Waals surface area contributed by atoms with Crippen LogP contribution in [0.3, 0.4) is 0 Å². The number of carbonyl (C=O) groups excluding carboxylic acids is 2. The van der Waals surface area contributed by atoms with E-state index in [0.717, 1.165) is 10.5 Å². The average molecular weight is 411 g/mol. The van der Waals surface area contributed by atoms with Gasteiger partial charge in [0, 0.05) is 15.5 Å². The smallest absolute Gasteiger partial charge is 0.316 e. The Bertz CT molecular complexity index is 798. The van der Waals surface area contributed by atoms with Gasteiger partial charge in [-0.2, -0.15) is 8.78 Å². The second kappa shape index (κ2) is 10.3. The number of nitrogens with one attached hydrogen (secondary N) is 1. The van der Waals surface area contributed by atoms with Gasteiger partial charge in [0.05, 0.1) is 5.75 Å². The van der Waals surface area contributed by atoms with Gasteiger partial charge in [0.25, 0.3) is 11.7 Å². The van der Waals surface area contributed by atoms with Crippen LogP contribution in [0, 0.1) is 13.8 Å². The molecule has 0 radical (unpaired) electrons. The SMILES string of the molecule is Cc1ccc(SCC(=O)OCC(=O)Nc2ccc(SC(F)F)cc2)cc1C. The maximum absolute atomic E-state index is 12.3. The molecule has 2 aromatic carbocycles. The van der Waals surface area contributed by atoms with Crippen molar-refractivity contribution < 1.29 is 23.1 Å². The lowest BCUT2D eigenvalue weighted by atomic mass is 10.1. The first-order valence-corrected chi connectivity index (χ1v) is 9.90. The predicted molar refractivity (Wildman–Crippen MR) is 105 cm³/mol. The molecule has 0 bridgehead atoms. The number of benzene rings is 2. The summed E-state index contributed by atoms with van der Waals surface area (Å²) in [6, 6.07) is 11.9. The molecule has 144 valence electrons. The molecule has 8 heteroatoms. The van der Waals surface area contributed by atoms with E-state index < -0.39 is 24.2 Å². The minimum atomic E-state index is -2.49. The number of hydrogen-bond donors (Lipinski definition) is 1. The van der Waals surface area contributed by atoms with E-state index >= 15 is 0 Å². The van der Waals surface area contributed by atoms with Crippen molar-refractivity contribution in [1.82, 2.24) is 0 Å². The van der Waals surface area contributed by atoms with Gasteiger partial charge in [-0.1, -0.05) is 17.8 Å². The Morgan fingerprint density at radius 1 is 1.04 bits per heavy atom. The lowest BCUT2D eigenvalue weighted by molar-refractivity contribution is -0.144. The first-order valence-electron chi connectivity index (χ1n) is 8.04. The molecule has 2 aromatic rings. The van der Waals surface area contributed by atoms with Crippen molar-refractivity contribution in [2.75, 3.05) is 17.7 Å². The molecular weight excluding hydrogens is 392 g/mol. The van der Waals surface area contributed by atoms with Crippen LogP contribution in [0.25, 0.3) is 0 Å². The van der Waals surface area contributed by atoms with E-state index in [4.69, 9.17) is 4.74 Å². The fourth-order valence-corrected chi connectivity index (χ4v) is 3.34. The van der Waals surface area contributed by atoms with E-state index in [1.807, 2.05) is 32.0 Å². The summed E-state index contributed by atoms with van der Waals surface area (Å²) >= 11 is 1.77. The zero-order valence-electron chi connectivity index (χ0n) is 14.8. The van der Waals surface area contributed by atoms with Crippen molar-refractivity contribution in [3.8, 4) is 0 Å². The normalized spacial score (nSPS) is 10.7. The van der Waals surface area contributed by atoms with Gasteiger partial charge in [0.15, 0.2) is 6.61 Å². The molecule has 0 aliphatic rings. The summed E-state index contributed by atoms with van der Waals surface area (Å²) in [4.78, 5) is 25.0. The molecule has 1 amide bonds. The molecule has 2 rings (SSSR count). The van der Waals surface area contributed by atoms with Crippen LogP contribution in [0.5, 0.6) is 0 Å². The van der Waals surface area contributed by atoms with Crippen LogP contribution in [0.1, 0.15) is 11.1 Å². The van der Waals surface area contributed by atoms with E-state index in [0.29, 0.717) is 22.3 Å². The Morgan fingerprint density at radius 2 is 1.70 bits per heavy atom. The van der Waals surface area contributed by atoms with Crippen LogP contribution in [-0.2, 0) is 14.3 Å². The van der Waals surface area contributed by atoms with Crippen LogP contribution >= 0.6 is 23.5 Å². The number of aryl methyl sites for hydroxylation is 2. The largest absolute Gasteiger partial charge is 0.455 e. The van der Waals surface area contributed by atoms with Crippen molar-refractivity contribution in [2.45, 2.75) is 29.4 Å². The third kappa shape index (κ3) is 7.60. The van der Waals surface area contributed by atoms with Crippen LogP contribution in [0.4, 0.5) is 14.5 Å². The highest BCUT2D eigenvalue weighted by molar-refractivity contribution is 8.00. The summed E-state index contributed by atoms with van der Waals surface area (Å²) < 4.78 is 29.5. The highest BCUT2D eigenvalue weighted by atomic mass is 32.2. The van der Waals surface area contributed by atoms with Crippen LogP contribution in [0.15, 0.2) is 52.3 Å². The number of anilines is 1. The molecule has 0 atom stereocenters. The van der Waals surface area contributed by atoms with Crippen LogP contribution in [0.2, 0.25) is 0 Å². The molecule has 0 heterocycles. The molecule has 27 heavy (non-hydrogen) atoms. The molecular formula is C19H19F2NO3S2. The van der Waals surface area contributed by atoms with Crippen molar-refractivity contribution in [3.63, 3.8) is 0 Å². The van der Waals surface area contributed by atoms with Gasteiger partial charge in [-0.3, -0.25) is 9.59 Å². The van der Waals surface area contributed by atoms with E-state index in [1.54, 1.807) is 0 Å². The van der Waals surface area contributed by atoms with E-state index in [-0.39, 0.29) is 5.75 Å². The van der Waals surface area contributed by atoms with Crippen molar-refractivity contribution in [3.05, 3.63) is 53.6 Å². The summed E-state index contributed by atoms with van der Waals surface area (Å²) in [5, 5.41) is 2.55. The number of rotatable bonds is 8. The molecule has 0 aromatic heterocycles. The molecule has 0 aliphatic carbocycles. The summed E-state index contributed by atoms with van der Waals surface area (Å²) in [6.45, 7) is 3.61. The maximum Gasteiger partial charge on any atom is 0.316 e. The first kappa shape index (κ1) is 21.2. The number of halogens is 2. The fourth-order valence-electron chi connectivity index (χ4n) is 2.05. The highest BCUT2D eigenvalue weighted by Gasteiger charge is 2.10. The predicted octanol–water partition coefficient (Wildman–Crippen LogP) is 4.89. The van der Waals surface area contributed by atoms with Gasteiger partial charge in [-0.25, -0.2) is 0 Å². The number of hydrogen-bond acceptors (Lipinski definition) is 5. The van der Waals surface area contributed by atoms with Gasteiger partial charge in [-0.15, -0.1) is 11.8 Å². The molecule has 4 nitrogen and oxygen atoms in total. The Hall–Kier alpha value is -2.06. The summed E-state index contributed by atoms with van der Waals surface area (Å²) in [5.41, 5.74) is 2.77. The van der Waals surface area contributed by atoms with Crippen molar-refractivity contribution in [2.24, 2.45) is 0 Å². The average Bonchev–Trinajstić information content (AvgIpc) is 2.62. The molecule has 0 saturated carbocycles. The summed E-state index contributed by atoms with van der Waals surface area (Å²) in [6.07, 6.45) is 0. The van der Waals surface area contributed by atoms with Gasteiger partial charge in [-0.05, 0) is 61.4 Å². The third-order valence-corrected chi connectivity index (χ3v) is 5.25. The quantitative estimate of drug-likeness (QED) is 0.495. The molecule has 0 spiro atoms. The van der Waals surface area contributed by atoms with Crippen molar-refractivity contribution in [1.29, 1.82) is 0 Å². The first-order chi connectivity index (χ1) is 12.8. The van der Waals surface area contributed by atoms with Gasteiger partial charge >= 0.3 is 5.97 Å². The van der Waals surface area contributed by atoms with Crippen LogP contribution in [-0.4, -0.2) is 30.0 Å². The maximum atomic E-state index is 12.3. The summed E-state index contributed by atoms with van der Waals surface area (Å²) in [7, 11) is 0. The fraction of sp³-hybridized carbons (Fsp3) is 0.263. The number of ether oxygens (including phenoxy) is 1. The second-order valence-corrected chi connectivity index (χ2v) is 7.76. The van der Waals surface area contributed by atoms with E-state index in [9.17, 15) is 18.4 Å². The Labute approximate surface area is 165 Å². The molecule has 0 unspecified atom stereocenters. The van der Waals surface area contributed by atoms with E-state index in [1.165, 1.54) is 41.6 Å². The van der Waals surface area contributed by atoms with Gasteiger partial charge in [0.1, 0.15) is 0 Å². The van der Waals surface area contributed by atoms with Crippen LogP contribution < -0.4 is 5.32 Å². The number of carbonyl (C=O) groups is 2. The minimum Gasteiger partial charge on any atom is -0.455 e. The van der Waals surface area contributed by atoms with E-state index in [2.05, 4.69) is 5.32 Å². The molecule has 0 saturated heterocycles. The Morgan fingerprint density at radius 3 is 2.33 bits per heavy atom. The van der Waals surface area contributed by atoms with Gasteiger partial charge in [0.2, 0.25) is 0 Å². The lowest BCUT2D eigenvalue weighted by Gasteiger charge is -2.08. The zero-order valence-corrected chi connectivity index (χ0v) is 16.5. The Kier molecular flexibility index (Phi) is 8.12.